The first-order valence-electron chi connectivity index (χ1n) is 6.88. The number of anilines is 1. The van der Waals surface area contributed by atoms with Crippen molar-refractivity contribution in [1.29, 1.82) is 0 Å². The lowest BCUT2D eigenvalue weighted by Gasteiger charge is -2.09. The molecule has 1 aromatic heterocycles. The van der Waals surface area contributed by atoms with Crippen molar-refractivity contribution in [3.05, 3.63) is 59.2 Å². The quantitative estimate of drug-likeness (QED) is 0.736. The molecule has 1 N–H and O–H groups in total. The molecule has 0 aliphatic carbocycles. The number of methoxy groups -OCH3 is 1. The molecule has 0 saturated heterocycles. The molecule has 0 aliphatic rings. The van der Waals surface area contributed by atoms with E-state index in [0.29, 0.717) is 0 Å². The van der Waals surface area contributed by atoms with E-state index < -0.39 is 0 Å². The van der Waals surface area contributed by atoms with Crippen LogP contribution in [0.1, 0.15) is 0 Å². The van der Waals surface area contributed by atoms with Gasteiger partial charge < -0.3 is 14.6 Å². The molecule has 0 amide bonds. The molecule has 3 aromatic rings. The fourth-order valence-electron chi connectivity index (χ4n) is 2.42. The van der Waals surface area contributed by atoms with E-state index in [1.54, 1.807) is 7.11 Å². The lowest BCUT2D eigenvalue weighted by atomic mass is 10.2. The van der Waals surface area contributed by atoms with E-state index in [1.165, 1.54) is 10.9 Å². The van der Waals surface area contributed by atoms with E-state index in [2.05, 4.69) is 62.3 Å². The summed E-state index contributed by atoms with van der Waals surface area (Å²) in [5.41, 5.74) is 2.36. The van der Waals surface area contributed by atoms with Gasteiger partial charge >= 0.3 is 0 Å². The second kappa shape index (κ2) is 6.22. The van der Waals surface area contributed by atoms with Crippen molar-refractivity contribution in [1.82, 2.24) is 4.57 Å². The third-order valence-electron chi connectivity index (χ3n) is 3.48. The van der Waals surface area contributed by atoms with Crippen LogP contribution in [0.4, 0.5) is 5.69 Å². The van der Waals surface area contributed by atoms with Crippen molar-refractivity contribution in [3.8, 4) is 5.75 Å². The Morgan fingerprint density at radius 1 is 1.14 bits per heavy atom. The first kappa shape index (κ1) is 14.0. The number of benzene rings is 2. The van der Waals surface area contributed by atoms with Gasteiger partial charge in [-0.05, 0) is 42.5 Å². The van der Waals surface area contributed by atoms with E-state index in [-0.39, 0.29) is 0 Å². The first-order valence-corrected chi connectivity index (χ1v) is 7.68. The Hall–Kier alpha value is -1.94. The maximum atomic E-state index is 5.26. The zero-order valence-electron chi connectivity index (χ0n) is 11.8. The highest BCUT2D eigenvalue weighted by atomic mass is 79.9. The molecule has 2 aromatic carbocycles. The molecule has 0 bridgehead atoms. The van der Waals surface area contributed by atoms with Crippen LogP contribution in [0.15, 0.2) is 59.2 Å². The number of nitrogens with zero attached hydrogens (tertiary/aromatic N) is 1. The van der Waals surface area contributed by atoms with Gasteiger partial charge in [0.1, 0.15) is 5.75 Å². The number of aromatic nitrogens is 1. The third-order valence-corrected chi connectivity index (χ3v) is 3.98. The van der Waals surface area contributed by atoms with E-state index in [0.717, 1.165) is 29.0 Å². The summed E-state index contributed by atoms with van der Waals surface area (Å²) in [5, 5.41) is 4.64. The van der Waals surface area contributed by atoms with Gasteiger partial charge in [-0.15, -0.1) is 0 Å². The average molecular weight is 345 g/mol. The van der Waals surface area contributed by atoms with Gasteiger partial charge in [-0.3, -0.25) is 0 Å². The average Bonchev–Trinajstić information content (AvgIpc) is 2.90. The lowest BCUT2D eigenvalue weighted by Crippen LogP contribution is -2.09. The second-order valence-electron chi connectivity index (χ2n) is 4.87. The fourth-order valence-corrected chi connectivity index (χ4v) is 2.82. The minimum Gasteiger partial charge on any atom is -0.497 e. The molecule has 0 spiro atoms. The highest BCUT2D eigenvalue weighted by Crippen LogP contribution is 2.22. The van der Waals surface area contributed by atoms with Crippen LogP contribution in [-0.4, -0.2) is 18.2 Å². The number of hydrogen-bond acceptors (Lipinski definition) is 2. The van der Waals surface area contributed by atoms with Crippen molar-refractivity contribution in [2.24, 2.45) is 0 Å². The minimum atomic E-state index is 0.881. The van der Waals surface area contributed by atoms with Crippen LogP contribution in [0.25, 0.3) is 10.9 Å². The van der Waals surface area contributed by atoms with Crippen molar-refractivity contribution in [2.45, 2.75) is 6.54 Å². The van der Waals surface area contributed by atoms with Gasteiger partial charge in [-0.2, -0.15) is 0 Å². The number of halogens is 1. The molecule has 0 aliphatic heterocycles. The molecule has 0 fully saturated rings. The Bertz CT molecular complexity index is 751. The van der Waals surface area contributed by atoms with Gasteiger partial charge in [0.2, 0.25) is 0 Å². The van der Waals surface area contributed by atoms with Crippen molar-refractivity contribution in [2.75, 3.05) is 19.0 Å². The Morgan fingerprint density at radius 3 is 2.86 bits per heavy atom. The number of fused-ring (bicyclic) bond motifs is 1. The topological polar surface area (TPSA) is 26.2 Å². The molecule has 0 saturated carbocycles. The predicted molar refractivity (Wildman–Crippen MR) is 91.1 cm³/mol. The fraction of sp³-hybridized carbons (Fsp3) is 0.176. The standard InChI is InChI=1S/C17H17BrN2O/c1-21-16-5-6-17-13(11-16)7-9-20(17)10-8-19-15-4-2-3-14(18)12-15/h2-7,9,11-12,19H,8,10H2,1H3. The van der Waals surface area contributed by atoms with Crippen LogP contribution in [0.5, 0.6) is 5.75 Å². The Kier molecular flexibility index (Phi) is 4.15. The van der Waals surface area contributed by atoms with E-state index in [4.69, 9.17) is 4.74 Å². The lowest BCUT2D eigenvalue weighted by molar-refractivity contribution is 0.415. The number of nitrogens with one attached hydrogen (secondary N) is 1. The highest BCUT2D eigenvalue weighted by Gasteiger charge is 2.02. The molecule has 3 rings (SSSR count). The minimum absolute atomic E-state index is 0.881. The van der Waals surface area contributed by atoms with Crippen LogP contribution in [-0.2, 0) is 6.54 Å². The predicted octanol–water partition coefficient (Wildman–Crippen LogP) is 4.52. The van der Waals surface area contributed by atoms with E-state index in [1.807, 2.05) is 18.2 Å². The molecule has 0 radical (unpaired) electrons. The molecule has 21 heavy (non-hydrogen) atoms. The molecule has 108 valence electrons. The summed E-state index contributed by atoms with van der Waals surface area (Å²) in [4.78, 5) is 0. The molecular weight excluding hydrogens is 328 g/mol. The summed E-state index contributed by atoms with van der Waals surface area (Å²) < 4.78 is 8.59. The zero-order valence-corrected chi connectivity index (χ0v) is 13.4. The summed E-state index contributed by atoms with van der Waals surface area (Å²) in [7, 11) is 1.69. The smallest absolute Gasteiger partial charge is 0.119 e. The van der Waals surface area contributed by atoms with Gasteiger partial charge in [-0.1, -0.05) is 22.0 Å². The summed E-state index contributed by atoms with van der Waals surface area (Å²) in [6, 6.07) is 16.5. The molecule has 3 nitrogen and oxygen atoms in total. The molecular formula is C17H17BrN2O. The second-order valence-corrected chi connectivity index (χ2v) is 5.79. The maximum Gasteiger partial charge on any atom is 0.119 e. The van der Waals surface area contributed by atoms with Crippen LogP contribution in [0.3, 0.4) is 0 Å². The SMILES string of the molecule is COc1ccc2c(ccn2CCNc2cccc(Br)c2)c1. The Labute approximate surface area is 132 Å². The first-order chi connectivity index (χ1) is 10.3. The highest BCUT2D eigenvalue weighted by molar-refractivity contribution is 9.10. The molecule has 4 heteroatoms. The van der Waals surface area contributed by atoms with E-state index in [9.17, 15) is 0 Å². The van der Waals surface area contributed by atoms with Crippen LogP contribution >= 0.6 is 15.9 Å². The largest absolute Gasteiger partial charge is 0.497 e. The normalized spacial score (nSPS) is 10.8. The van der Waals surface area contributed by atoms with Gasteiger partial charge in [0.25, 0.3) is 0 Å². The molecule has 0 unspecified atom stereocenters. The monoisotopic (exact) mass is 344 g/mol. The summed E-state index contributed by atoms with van der Waals surface area (Å²) in [6.45, 7) is 1.80. The Balaban J connectivity index is 1.68. The van der Waals surface area contributed by atoms with Gasteiger partial charge in [0.15, 0.2) is 0 Å². The number of hydrogen-bond donors (Lipinski definition) is 1. The van der Waals surface area contributed by atoms with Gasteiger partial charge in [-0.25, -0.2) is 0 Å². The molecule has 1 heterocycles. The van der Waals surface area contributed by atoms with Crippen LogP contribution < -0.4 is 10.1 Å². The molecule has 0 atom stereocenters. The number of rotatable bonds is 5. The van der Waals surface area contributed by atoms with Gasteiger partial charge in [0, 0.05) is 40.3 Å². The van der Waals surface area contributed by atoms with Gasteiger partial charge in [0.05, 0.1) is 7.11 Å². The zero-order chi connectivity index (χ0) is 14.7. The third kappa shape index (κ3) is 3.22. The van der Waals surface area contributed by atoms with Crippen LogP contribution in [0.2, 0.25) is 0 Å². The maximum absolute atomic E-state index is 5.26. The van der Waals surface area contributed by atoms with E-state index >= 15 is 0 Å². The summed E-state index contributed by atoms with van der Waals surface area (Å²) in [5.74, 6) is 0.896. The van der Waals surface area contributed by atoms with Crippen molar-refractivity contribution in [3.63, 3.8) is 0 Å². The number of ether oxygens (including phenoxy) is 1. The Morgan fingerprint density at radius 2 is 2.05 bits per heavy atom. The summed E-state index contributed by atoms with van der Waals surface area (Å²) >= 11 is 3.48. The van der Waals surface area contributed by atoms with Crippen molar-refractivity contribution >= 4 is 32.5 Å². The van der Waals surface area contributed by atoms with Crippen LogP contribution in [0, 0.1) is 0 Å². The van der Waals surface area contributed by atoms with Crippen molar-refractivity contribution < 1.29 is 4.74 Å². The summed E-state index contributed by atoms with van der Waals surface area (Å²) in [6.07, 6.45) is 2.12.